The molecule has 13 heavy (non-hydrogen) atoms. The highest BCUT2D eigenvalue weighted by atomic mass is 35.5. The molecule has 1 aromatic heterocycles. The fourth-order valence-corrected chi connectivity index (χ4v) is 1.05. The Morgan fingerprint density at radius 1 is 1.85 bits per heavy atom. The molecule has 0 aliphatic heterocycles. The first-order valence-electron chi connectivity index (χ1n) is 3.82. The van der Waals surface area contributed by atoms with Gasteiger partial charge in [0.2, 0.25) is 5.91 Å². The Labute approximate surface area is 80.8 Å². The van der Waals surface area contributed by atoms with E-state index < -0.39 is 0 Å². The molecule has 0 fully saturated rings. The van der Waals surface area contributed by atoms with Gasteiger partial charge in [-0.05, 0) is 6.92 Å². The Morgan fingerprint density at radius 3 is 3.00 bits per heavy atom. The molecule has 1 rings (SSSR count). The minimum atomic E-state index is -0.218. The number of aryl methyl sites for hydroxylation is 2. The number of hydrazine groups is 1. The topological polar surface area (TPSA) is 72.9 Å². The van der Waals surface area contributed by atoms with Crippen molar-refractivity contribution in [3.8, 4) is 0 Å². The standard InChI is InChI=1S/C7H11ClN4O/c1-5-6(8)4-12(11-5)3-2-7(13)10-9/h4H,2-3,9H2,1H3,(H,10,13). The molecule has 1 heterocycles. The Morgan fingerprint density at radius 2 is 2.54 bits per heavy atom. The second-order valence-electron chi connectivity index (χ2n) is 2.64. The van der Waals surface area contributed by atoms with E-state index in [2.05, 4.69) is 5.10 Å². The maximum absolute atomic E-state index is 10.8. The SMILES string of the molecule is Cc1nn(CCC(=O)NN)cc1Cl. The van der Waals surface area contributed by atoms with E-state index in [9.17, 15) is 4.79 Å². The van der Waals surface area contributed by atoms with Gasteiger partial charge in [0.1, 0.15) is 0 Å². The van der Waals surface area contributed by atoms with Crippen molar-refractivity contribution in [2.45, 2.75) is 19.9 Å². The van der Waals surface area contributed by atoms with Gasteiger partial charge in [0.25, 0.3) is 0 Å². The van der Waals surface area contributed by atoms with E-state index in [-0.39, 0.29) is 5.91 Å². The number of nitrogens with two attached hydrogens (primary N) is 1. The molecule has 0 radical (unpaired) electrons. The summed E-state index contributed by atoms with van der Waals surface area (Å²) in [5, 5.41) is 4.69. The lowest BCUT2D eigenvalue weighted by molar-refractivity contribution is -0.121. The van der Waals surface area contributed by atoms with E-state index in [4.69, 9.17) is 17.4 Å². The Balaban J connectivity index is 2.50. The van der Waals surface area contributed by atoms with Gasteiger partial charge in [-0.2, -0.15) is 5.10 Å². The molecule has 0 aromatic carbocycles. The lowest BCUT2D eigenvalue weighted by Crippen LogP contribution is -2.30. The van der Waals surface area contributed by atoms with Gasteiger partial charge in [-0.3, -0.25) is 14.9 Å². The van der Waals surface area contributed by atoms with Gasteiger partial charge in [0, 0.05) is 19.2 Å². The van der Waals surface area contributed by atoms with Crippen molar-refractivity contribution in [1.82, 2.24) is 15.2 Å². The maximum Gasteiger partial charge on any atom is 0.235 e. The largest absolute Gasteiger partial charge is 0.294 e. The van der Waals surface area contributed by atoms with Crippen molar-refractivity contribution < 1.29 is 4.79 Å². The Kier molecular flexibility index (Phi) is 3.27. The zero-order valence-electron chi connectivity index (χ0n) is 7.25. The third-order valence-electron chi connectivity index (χ3n) is 1.62. The molecule has 1 amide bonds. The number of carbonyl (C=O) groups excluding carboxylic acids is 1. The second kappa shape index (κ2) is 4.25. The first-order chi connectivity index (χ1) is 6.13. The molecule has 0 unspecified atom stereocenters. The first kappa shape index (κ1) is 10.0. The monoisotopic (exact) mass is 202 g/mol. The van der Waals surface area contributed by atoms with Crippen molar-refractivity contribution in [3.05, 3.63) is 16.9 Å². The van der Waals surface area contributed by atoms with E-state index in [0.717, 1.165) is 5.69 Å². The number of nitrogens with zero attached hydrogens (tertiary/aromatic N) is 2. The highest BCUT2D eigenvalue weighted by Gasteiger charge is 2.03. The summed E-state index contributed by atoms with van der Waals surface area (Å²) in [5.74, 6) is 4.70. The predicted octanol–water partition coefficient (Wildman–Crippen LogP) is 0.225. The molecule has 0 aliphatic carbocycles. The number of aromatic nitrogens is 2. The van der Waals surface area contributed by atoms with Gasteiger partial charge in [0.05, 0.1) is 10.7 Å². The summed E-state index contributed by atoms with van der Waals surface area (Å²) in [4.78, 5) is 10.8. The lowest BCUT2D eigenvalue weighted by Gasteiger charge is -1.99. The minimum Gasteiger partial charge on any atom is -0.294 e. The Bertz CT molecular complexity index is 290. The zero-order valence-corrected chi connectivity index (χ0v) is 8.01. The maximum atomic E-state index is 10.8. The molecule has 1 aromatic rings. The molecule has 72 valence electrons. The van der Waals surface area contributed by atoms with Crippen molar-refractivity contribution in [1.29, 1.82) is 0 Å². The van der Waals surface area contributed by atoms with Crippen LogP contribution in [0.4, 0.5) is 0 Å². The molecular formula is C7H11ClN4O. The number of rotatable bonds is 3. The van der Waals surface area contributed by atoms with E-state index in [1.54, 1.807) is 10.9 Å². The van der Waals surface area contributed by atoms with Crippen LogP contribution in [0.2, 0.25) is 5.02 Å². The van der Waals surface area contributed by atoms with Gasteiger partial charge in [0.15, 0.2) is 0 Å². The van der Waals surface area contributed by atoms with Crippen LogP contribution in [0, 0.1) is 6.92 Å². The third-order valence-corrected chi connectivity index (χ3v) is 1.99. The van der Waals surface area contributed by atoms with Gasteiger partial charge in [-0.1, -0.05) is 11.6 Å². The van der Waals surface area contributed by atoms with E-state index >= 15 is 0 Å². The third kappa shape index (κ3) is 2.71. The average molecular weight is 203 g/mol. The second-order valence-corrected chi connectivity index (χ2v) is 3.05. The van der Waals surface area contributed by atoms with Crippen molar-refractivity contribution in [2.24, 2.45) is 5.84 Å². The van der Waals surface area contributed by atoms with Crippen LogP contribution in [0.15, 0.2) is 6.20 Å². The van der Waals surface area contributed by atoms with Crippen LogP contribution in [0.5, 0.6) is 0 Å². The quantitative estimate of drug-likeness (QED) is 0.419. The van der Waals surface area contributed by atoms with Crippen molar-refractivity contribution in [3.63, 3.8) is 0 Å². The Hall–Kier alpha value is -1.07. The van der Waals surface area contributed by atoms with E-state index in [1.165, 1.54) is 0 Å². The number of nitrogens with one attached hydrogen (secondary N) is 1. The molecule has 0 bridgehead atoms. The summed E-state index contributed by atoms with van der Waals surface area (Å²) in [6.45, 7) is 2.29. The van der Waals surface area contributed by atoms with E-state index in [0.29, 0.717) is 18.0 Å². The first-order valence-corrected chi connectivity index (χ1v) is 4.20. The zero-order chi connectivity index (χ0) is 9.84. The minimum absolute atomic E-state index is 0.218. The summed E-state index contributed by atoms with van der Waals surface area (Å²) in [5.41, 5.74) is 2.80. The van der Waals surface area contributed by atoms with Crippen LogP contribution in [-0.2, 0) is 11.3 Å². The van der Waals surface area contributed by atoms with Crippen molar-refractivity contribution >= 4 is 17.5 Å². The normalized spacial score (nSPS) is 10.1. The number of hydrogen-bond acceptors (Lipinski definition) is 3. The molecule has 0 spiro atoms. The van der Waals surface area contributed by atoms with Crippen LogP contribution in [-0.4, -0.2) is 15.7 Å². The smallest absolute Gasteiger partial charge is 0.235 e. The van der Waals surface area contributed by atoms with Crippen LogP contribution in [0.1, 0.15) is 12.1 Å². The predicted molar refractivity (Wildman–Crippen MR) is 48.9 cm³/mol. The van der Waals surface area contributed by atoms with Crippen molar-refractivity contribution in [2.75, 3.05) is 0 Å². The fourth-order valence-electron chi connectivity index (χ4n) is 0.896. The van der Waals surface area contributed by atoms with Crippen LogP contribution in [0.3, 0.4) is 0 Å². The number of amides is 1. The molecule has 0 aliphatic rings. The molecule has 5 nitrogen and oxygen atoms in total. The van der Waals surface area contributed by atoms with Crippen LogP contribution < -0.4 is 11.3 Å². The molecule has 0 saturated heterocycles. The number of hydrogen-bond donors (Lipinski definition) is 2. The van der Waals surface area contributed by atoms with Gasteiger partial charge >= 0.3 is 0 Å². The van der Waals surface area contributed by atoms with Gasteiger partial charge < -0.3 is 0 Å². The average Bonchev–Trinajstić information content (AvgIpc) is 2.42. The van der Waals surface area contributed by atoms with Gasteiger partial charge in [-0.25, -0.2) is 5.84 Å². The summed E-state index contributed by atoms with van der Waals surface area (Å²) < 4.78 is 1.62. The number of carbonyl (C=O) groups is 1. The molecule has 0 atom stereocenters. The van der Waals surface area contributed by atoms with Crippen LogP contribution >= 0.6 is 11.6 Å². The number of halogens is 1. The highest BCUT2D eigenvalue weighted by Crippen LogP contribution is 2.11. The molecule has 0 saturated carbocycles. The van der Waals surface area contributed by atoms with E-state index in [1.807, 2.05) is 12.3 Å². The molecule has 3 N–H and O–H groups in total. The summed E-state index contributed by atoms with van der Waals surface area (Å²) >= 11 is 5.77. The lowest BCUT2D eigenvalue weighted by atomic mass is 10.4. The fraction of sp³-hybridized carbons (Fsp3) is 0.429. The summed E-state index contributed by atoms with van der Waals surface area (Å²) in [6.07, 6.45) is 1.98. The van der Waals surface area contributed by atoms with Gasteiger partial charge in [-0.15, -0.1) is 0 Å². The summed E-state index contributed by atoms with van der Waals surface area (Å²) in [7, 11) is 0. The molecular weight excluding hydrogens is 192 g/mol. The highest BCUT2D eigenvalue weighted by molar-refractivity contribution is 6.31. The molecule has 6 heteroatoms. The van der Waals surface area contributed by atoms with Crippen LogP contribution in [0.25, 0.3) is 0 Å². The summed E-state index contributed by atoms with van der Waals surface area (Å²) in [6, 6.07) is 0.